The first kappa shape index (κ1) is 53.1. The summed E-state index contributed by atoms with van der Waals surface area (Å²) in [5, 5.41) is 0. The van der Waals surface area contributed by atoms with E-state index in [2.05, 4.69) is 93.7 Å². The molecule has 0 aromatic rings. The van der Waals surface area contributed by atoms with Gasteiger partial charge in [0.2, 0.25) is 0 Å². The highest BCUT2D eigenvalue weighted by Crippen LogP contribution is 2.13. The summed E-state index contributed by atoms with van der Waals surface area (Å²) in [4.78, 5) is 25.2. The maximum absolute atomic E-state index is 12.7. The predicted molar refractivity (Wildman–Crippen MR) is 242 cm³/mol. The lowest BCUT2D eigenvalue weighted by molar-refractivity contribution is -0.162. The Bertz CT molecular complexity index is 1060. The van der Waals surface area contributed by atoms with Crippen molar-refractivity contribution < 1.29 is 23.8 Å². The largest absolute Gasteiger partial charge is 0.461 e. The highest BCUT2D eigenvalue weighted by molar-refractivity contribution is 5.71. The van der Waals surface area contributed by atoms with E-state index in [-0.39, 0.29) is 31.6 Å². The molecule has 0 saturated carbocycles. The van der Waals surface area contributed by atoms with Crippen molar-refractivity contribution in [3.05, 3.63) is 85.1 Å². The summed E-state index contributed by atoms with van der Waals surface area (Å²) in [5.74, 6) is -0.552. The molecule has 0 saturated heterocycles. The van der Waals surface area contributed by atoms with Gasteiger partial charge in [0.15, 0.2) is 6.10 Å². The standard InChI is InChI=1S/C51H86O5/c1-4-7-10-13-16-19-22-24-26-27-30-32-35-38-41-44-50(52)55-48-49(56-51(53)45-42-39-36-33-29-21-18-15-12-9-6-3)47-54-46-43-40-37-34-31-28-25-23-20-17-14-11-8-5-2/h7,10-11,14,16,19-20,23-24,26,30,32,38,41,49H,4-6,8-9,12-13,15,17-18,21-22,25,27-29,31,33-37,39-40,42-48H2,1-3H3/b10-7-,14-11-,19-16-,23-20-,26-24-,32-30-,41-38-. The number of hydrogen-bond acceptors (Lipinski definition) is 5. The van der Waals surface area contributed by atoms with E-state index >= 15 is 0 Å². The second-order valence-corrected chi connectivity index (χ2v) is 14.9. The number of carbonyl (C=O) groups is 2. The van der Waals surface area contributed by atoms with Gasteiger partial charge in [-0.2, -0.15) is 0 Å². The van der Waals surface area contributed by atoms with Crippen molar-refractivity contribution in [3.8, 4) is 0 Å². The van der Waals surface area contributed by atoms with Gasteiger partial charge in [0.25, 0.3) is 0 Å². The molecule has 0 aromatic carbocycles. The highest BCUT2D eigenvalue weighted by Gasteiger charge is 2.17. The fourth-order valence-corrected chi connectivity index (χ4v) is 6.03. The molecule has 0 radical (unpaired) electrons. The van der Waals surface area contributed by atoms with E-state index in [1.54, 1.807) is 0 Å². The zero-order valence-corrected chi connectivity index (χ0v) is 36.6. The smallest absolute Gasteiger partial charge is 0.309 e. The Balaban J connectivity index is 4.40. The van der Waals surface area contributed by atoms with Crippen molar-refractivity contribution in [2.45, 2.75) is 207 Å². The van der Waals surface area contributed by atoms with Crippen molar-refractivity contribution in [1.29, 1.82) is 0 Å². The summed E-state index contributed by atoms with van der Waals surface area (Å²) in [6.07, 6.45) is 60.3. The van der Waals surface area contributed by atoms with Crippen LogP contribution in [0.15, 0.2) is 85.1 Å². The Morgan fingerprint density at radius 1 is 0.429 bits per heavy atom. The molecule has 0 aromatic heterocycles. The lowest BCUT2D eigenvalue weighted by Crippen LogP contribution is -2.30. The first-order valence-corrected chi connectivity index (χ1v) is 23.1. The van der Waals surface area contributed by atoms with Crippen LogP contribution in [0.4, 0.5) is 0 Å². The van der Waals surface area contributed by atoms with Crippen molar-refractivity contribution in [2.75, 3.05) is 19.8 Å². The summed E-state index contributed by atoms with van der Waals surface area (Å²) in [6, 6.07) is 0. The first-order chi connectivity index (χ1) is 27.6. The third-order valence-electron chi connectivity index (χ3n) is 9.43. The van der Waals surface area contributed by atoms with Crippen LogP contribution in [-0.4, -0.2) is 37.9 Å². The number of allylic oxidation sites excluding steroid dienone is 13. The van der Waals surface area contributed by atoms with Gasteiger partial charge in [-0.1, -0.05) is 202 Å². The second-order valence-electron chi connectivity index (χ2n) is 14.9. The van der Waals surface area contributed by atoms with Gasteiger partial charge in [0.05, 0.1) is 13.0 Å². The van der Waals surface area contributed by atoms with Gasteiger partial charge in [-0.05, 0) is 70.6 Å². The van der Waals surface area contributed by atoms with Gasteiger partial charge in [0, 0.05) is 13.0 Å². The molecule has 0 spiro atoms. The molecule has 5 heteroatoms. The van der Waals surface area contributed by atoms with Crippen LogP contribution < -0.4 is 0 Å². The third kappa shape index (κ3) is 43.8. The van der Waals surface area contributed by atoms with Gasteiger partial charge >= 0.3 is 11.9 Å². The van der Waals surface area contributed by atoms with Crippen LogP contribution in [-0.2, 0) is 23.8 Å². The number of unbranched alkanes of at least 4 members (excludes halogenated alkanes) is 17. The average molecular weight is 779 g/mol. The zero-order chi connectivity index (χ0) is 40.7. The van der Waals surface area contributed by atoms with Crippen LogP contribution >= 0.6 is 0 Å². The first-order valence-electron chi connectivity index (χ1n) is 23.1. The molecular formula is C51H86O5. The number of ether oxygens (including phenoxy) is 3. The van der Waals surface area contributed by atoms with Crippen molar-refractivity contribution >= 4 is 11.9 Å². The van der Waals surface area contributed by atoms with Crippen LogP contribution in [0.5, 0.6) is 0 Å². The van der Waals surface area contributed by atoms with E-state index < -0.39 is 6.10 Å². The summed E-state index contributed by atoms with van der Waals surface area (Å²) >= 11 is 0. The summed E-state index contributed by atoms with van der Waals surface area (Å²) in [5.41, 5.74) is 0. The molecule has 0 aliphatic heterocycles. The van der Waals surface area contributed by atoms with Gasteiger partial charge in [-0.15, -0.1) is 0 Å². The Morgan fingerprint density at radius 2 is 0.893 bits per heavy atom. The monoisotopic (exact) mass is 779 g/mol. The van der Waals surface area contributed by atoms with E-state index in [0.29, 0.717) is 13.0 Å². The lowest BCUT2D eigenvalue weighted by Gasteiger charge is -2.18. The van der Waals surface area contributed by atoms with Gasteiger partial charge in [0.1, 0.15) is 6.61 Å². The van der Waals surface area contributed by atoms with Gasteiger partial charge in [-0.25, -0.2) is 0 Å². The highest BCUT2D eigenvalue weighted by atomic mass is 16.6. The average Bonchev–Trinajstić information content (AvgIpc) is 3.20. The van der Waals surface area contributed by atoms with Gasteiger partial charge < -0.3 is 14.2 Å². The van der Waals surface area contributed by atoms with Crippen LogP contribution in [0.2, 0.25) is 0 Å². The molecule has 0 bridgehead atoms. The summed E-state index contributed by atoms with van der Waals surface area (Å²) in [6.45, 7) is 7.51. The molecule has 0 aliphatic rings. The van der Waals surface area contributed by atoms with E-state index in [1.807, 2.05) is 12.2 Å². The molecule has 1 unspecified atom stereocenters. The number of esters is 2. The van der Waals surface area contributed by atoms with E-state index in [9.17, 15) is 9.59 Å². The van der Waals surface area contributed by atoms with Crippen molar-refractivity contribution in [2.24, 2.45) is 0 Å². The lowest BCUT2D eigenvalue weighted by atomic mass is 10.1. The van der Waals surface area contributed by atoms with E-state index in [4.69, 9.17) is 14.2 Å². The maximum atomic E-state index is 12.7. The van der Waals surface area contributed by atoms with Crippen molar-refractivity contribution in [1.82, 2.24) is 0 Å². The fourth-order valence-electron chi connectivity index (χ4n) is 6.03. The Morgan fingerprint density at radius 3 is 1.45 bits per heavy atom. The molecule has 1 atom stereocenters. The molecule has 56 heavy (non-hydrogen) atoms. The van der Waals surface area contributed by atoms with Crippen LogP contribution in [0.25, 0.3) is 0 Å². The Labute approximate surface area is 346 Å². The molecule has 5 nitrogen and oxygen atoms in total. The van der Waals surface area contributed by atoms with Crippen molar-refractivity contribution in [3.63, 3.8) is 0 Å². The number of carbonyl (C=O) groups excluding carboxylic acids is 2. The summed E-state index contributed by atoms with van der Waals surface area (Å²) in [7, 11) is 0. The van der Waals surface area contributed by atoms with Crippen LogP contribution in [0, 0.1) is 0 Å². The molecule has 0 N–H and O–H groups in total. The summed E-state index contributed by atoms with van der Waals surface area (Å²) < 4.78 is 17.2. The molecule has 0 rings (SSSR count). The number of rotatable bonds is 41. The quantitative estimate of drug-likeness (QED) is 0.0351. The number of hydrogen-bond donors (Lipinski definition) is 0. The molecule has 0 fully saturated rings. The second kappa shape index (κ2) is 46.5. The molecular weight excluding hydrogens is 693 g/mol. The molecule has 0 amide bonds. The SMILES string of the molecule is CC/C=C\C/C=C\C/C=C\C/C=C\C/C=C\CC(=O)OCC(COCCCCCCCC/C=C\C/C=C\CCC)OC(=O)CCCCCCCCCCCCC. The van der Waals surface area contributed by atoms with E-state index in [1.165, 1.54) is 89.9 Å². The normalized spacial score (nSPS) is 13.0. The molecule has 0 heterocycles. The minimum Gasteiger partial charge on any atom is -0.461 e. The predicted octanol–water partition coefficient (Wildman–Crippen LogP) is 15.3. The molecule has 320 valence electrons. The maximum Gasteiger partial charge on any atom is 0.309 e. The Hall–Kier alpha value is -2.92. The van der Waals surface area contributed by atoms with Crippen LogP contribution in [0.1, 0.15) is 201 Å². The van der Waals surface area contributed by atoms with Crippen LogP contribution in [0.3, 0.4) is 0 Å². The molecule has 0 aliphatic carbocycles. The Kier molecular flexibility index (Phi) is 44.0. The third-order valence-corrected chi connectivity index (χ3v) is 9.43. The topological polar surface area (TPSA) is 61.8 Å². The zero-order valence-electron chi connectivity index (χ0n) is 36.6. The minimum absolute atomic E-state index is 0.0248. The minimum atomic E-state index is -0.581. The van der Waals surface area contributed by atoms with E-state index in [0.717, 1.165) is 77.0 Å². The fraction of sp³-hybridized carbons (Fsp3) is 0.686. The van der Waals surface area contributed by atoms with Gasteiger partial charge in [-0.3, -0.25) is 9.59 Å².